The lowest BCUT2D eigenvalue weighted by molar-refractivity contribution is 0.0951. The van der Waals surface area contributed by atoms with Crippen LogP contribution >= 0.6 is 11.3 Å². The molecule has 9 heteroatoms. The van der Waals surface area contributed by atoms with Crippen molar-refractivity contribution in [2.75, 3.05) is 5.32 Å². The van der Waals surface area contributed by atoms with Crippen molar-refractivity contribution in [3.63, 3.8) is 0 Å². The minimum atomic E-state index is -0.950. The summed E-state index contributed by atoms with van der Waals surface area (Å²) in [7, 11) is 0. The number of nitrogens with zero attached hydrogens (tertiary/aromatic N) is 2. The highest BCUT2D eigenvalue weighted by molar-refractivity contribution is 7.15. The average Bonchev–Trinajstić information content (AvgIpc) is 3.34. The minimum absolute atomic E-state index is 0.0638. The number of halogens is 2. The Balaban J connectivity index is 1.27. The Kier molecular flexibility index (Phi) is 8.31. The van der Waals surface area contributed by atoms with E-state index in [1.54, 1.807) is 29.7 Å². The summed E-state index contributed by atoms with van der Waals surface area (Å²) < 4.78 is 26.7. The van der Waals surface area contributed by atoms with Crippen LogP contribution in [0.1, 0.15) is 46.6 Å². The summed E-state index contributed by atoms with van der Waals surface area (Å²) in [6.45, 7) is 4.80. The number of allylic oxidation sites excluding steroid dienone is 1. The normalized spacial score (nSPS) is 12.5. The SMILES string of the molecule is CC(C)NC1=CCC=Nc2ccc(-c3ccc(CNc4ncccc4C(=O)NCc4ccc(F)c(F)c4)s3)cc21. The van der Waals surface area contributed by atoms with Gasteiger partial charge < -0.3 is 16.0 Å². The van der Waals surface area contributed by atoms with E-state index in [9.17, 15) is 13.6 Å². The Hall–Kier alpha value is -4.37. The Morgan fingerprint density at radius 1 is 1.02 bits per heavy atom. The Labute approximate surface area is 235 Å². The quantitative estimate of drug-likeness (QED) is 0.206. The van der Waals surface area contributed by atoms with Gasteiger partial charge in [-0.25, -0.2) is 13.8 Å². The molecular weight excluding hydrogens is 528 g/mol. The van der Waals surface area contributed by atoms with Crippen molar-refractivity contribution in [1.82, 2.24) is 15.6 Å². The molecule has 0 radical (unpaired) electrons. The van der Waals surface area contributed by atoms with Gasteiger partial charge in [-0.1, -0.05) is 18.2 Å². The lowest BCUT2D eigenvalue weighted by Crippen LogP contribution is -2.24. The van der Waals surface area contributed by atoms with Gasteiger partial charge in [-0.3, -0.25) is 9.79 Å². The highest BCUT2D eigenvalue weighted by Gasteiger charge is 2.15. The molecule has 0 fully saturated rings. The number of carbonyl (C=O) groups is 1. The number of fused-ring (bicyclic) bond motifs is 1. The molecule has 2 aromatic heterocycles. The Morgan fingerprint density at radius 3 is 2.73 bits per heavy atom. The highest BCUT2D eigenvalue weighted by Crippen LogP contribution is 2.35. The molecule has 1 amide bonds. The zero-order valence-corrected chi connectivity index (χ0v) is 23.0. The predicted octanol–water partition coefficient (Wildman–Crippen LogP) is 7.08. The second kappa shape index (κ2) is 12.2. The van der Waals surface area contributed by atoms with E-state index < -0.39 is 11.6 Å². The van der Waals surface area contributed by atoms with Crippen LogP contribution in [0.3, 0.4) is 0 Å². The van der Waals surface area contributed by atoms with E-state index in [0.717, 1.165) is 50.8 Å². The first kappa shape index (κ1) is 27.2. The molecule has 40 heavy (non-hydrogen) atoms. The number of carbonyl (C=O) groups excluding carboxylic acids is 1. The van der Waals surface area contributed by atoms with Crippen molar-refractivity contribution in [3.8, 4) is 10.4 Å². The molecule has 2 aromatic carbocycles. The standard InChI is InChI=1S/C31H29F2N5OS/c1-19(2)38-28-6-4-13-34-27-11-8-21(16-24(27)28)29-12-9-22(40-29)18-36-30-23(5-3-14-35-30)31(39)37-17-20-7-10-25(32)26(33)15-20/h3,5-16,19,38H,4,17-18H2,1-2H3,(H,35,36)(H,37,39). The largest absolute Gasteiger partial charge is 0.383 e. The minimum Gasteiger partial charge on any atom is -0.383 e. The first-order valence-electron chi connectivity index (χ1n) is 13.0. The van der Waals surface area contributed by atoms with Crippen LogP contribution < -0.4 is 16.0 Å². The summed E-state index contributed by atoms with van der Waals surface area (Å²) in [5.74, 6) is -1.79. The van der Waals surface area contributed by atoms with E-state index in [2.05, 4.69) is 76.2 Å². The average molecular weight is 558 g/mol. The molecular formula is C31H29F2N5OS. The number of rotatable bonds is 9. The van der Waals surface area contributed by atoms with Gasteiger partial charge in [0, 0.05) is 52.4 Å². The number of anilines is 1. The molecule has 204 valence electrons. The van der Waals surface area contributed by atoms with Gasteiger partial charge >= 0.3 is 0 Å². The number of amides is 1. The number of pyridine rings is 1. The van der Waals surface area contributed by atoms with Crippen molar-refractivity contribution >= 4 is 40.7 Å². The molecule has 1 aliphatic heterocycles. The van der Waals surface area contributed by atoms with Crippen molar-refractivity contribution in [2.24, 2.45) is 4.99 Å². The number of nitrogens with one attached hydrogen (secondary N) is 3. The number of thiophene rings is 1. The summed E-state index contributed by atoms with van der Waals surface area (Å²) in [6.07, 6.45) is 6.49. The fourth-order valence-corrected chi connectivity index (χ4v) is 5.30. The zero-order valence-electron chi connectivity index (χ0n) is 22.2. The van der Waals surface area contributed by atoms with Gasteiger partial charge in [0.05, 0.1) is 17.8 Å². The lowest BCUT2D eigenvalue weighted by atomic mass is 10.0. The maximum Gasteiger partial charge on any atom is 0.255 e. The molecule has 0 aliphatic carbocycles. The zero-order chi connectivity index (χ0) is 28.1. The molecule has 0 unspecified atom stereocenters. The van der Waals surface area contributed by atoms with Crippen LogP contribution in [0.4, 0.5) is 20.3 Å². The monoisotopic (exact) mass is 557 g/mol. The van der Waals surface area contributed by atoms with E-state index in [1.165, 1.54) is 6.07 Å². The maximum atomic E-state index is 13.5. The van der Waals surface area contributed by atoms with Crippen molar-refractivity contribution in [3.05, 3.63) is 106 Å². The van der Waals surface area contributed by atoms with Gasteiger partial charge in [0.15, 0.2) is 11.6 Å². The topological polar surface area (TPSA) is 78.4 Å². The van der Waals surface area contributed by atoms with Crippen LogP contribution in [0.15, 0.2) is 77.9 Å². The van der Waals surface area contributed by atoms with Crippen LogP contribution in [0.2, 0.25) is 0 Å². The first-order chi connectivity index (χ1) is 19.4. The van der Waals surface area contributed by atoms with Crippen LogP contribution in [0.25, 0.3) is 16.1 Å². The maximum absolute atomic E-state index is 13.5. The van der Waals surface area contributed by atoms with Crippen molar-refractivity contribution in [1.29, 1.82) is 0 Å². The van der Waals surface area contributed by atoms with Crippen molar-refractivity contribution in [2.45, 2.75) is 39.4 Å². The van der Waals surface area contributed by atoms with Crippen LogP contribution in [-0.2, 0) is 13.1 Å². The highest BCUT2D eigenvalue weighted by atomic mass is 32.1. The molecule has 3 heterocycles. The molecule has 0 saturated carbocycles. The fraction of sp³-hybridized carbons (Fsp3) is 0.194. The van der Waals surface area contributed by atoms with E-state index >= 15 is 0 Å². The van der Waals surface area contributed by atoms with E-state index in [1.807, 2.05) is 6.21 Å². The predicted molar refractivity (Wildman–Crippen MR) is 158 cm³/mol. The summed E-state index contributed by atoms with van der Waals surface area (Å²) in [5, 5.41) is 9.55. The number of benzene rings is 2. The fourth-order valence-electron chi connectivity index (χ4n) is 4.35. The van der Waals surface area contributed by atoms with Gasteiger partial charge in [0.1, 0.15) is 5.82 Å². The summed E-state index contributed by atoms with van der Waals surface area (Å²) in [5.41, 5.74) is 5.06. The molecule has 0 bridgehead atoms. The van der Waals surface area contributed by atoms with E-state index in [-0.39, 0.29) is 12.5 Å². The molecule has 5 rings (SSSR count). The third-order valence-electron chi connectivity index (χ3n) is 6.25. The number of aliphatic imine (C=N–C) groups is 1. The second-order valence-electron chi connectivity index (χ2n) is 9.65. The van der Waals surface area contributed by atoms with Crippen LogP contribution in [0, 0.1) is 11.6 Å². The van der Waals surface area contributed by atoms with Gasteiger partial charge in [0.2, 0.25) is 0 Å². The summed E-state index contributed by atoms with van der Waals surface area (Å²) in [6, 6.07) is 17.7. The van der Waals surface area contributed by atoms with Crippen molar-refractivity contribution < 1.29 is 13.6 Å². The van der Waals surface area contributed by atoms with Gasteiger partial charge in [0.25, 0.3) is 5.91 Å². The molecule has 4 aromatic rings. The van der Waals surface area contributed by atoms with Crippen LogP contribution in [0.5, 0.6) is 0 Å². The van der Waals surface area contributed by atoms with E-state index in [0.29, 0.717) is 29.5 Å². The first-order valence-corrected chi connectivity index (χ1v) is 13.8. The van der Waals surface area contributed by atoms with Gasteiger partial charge in [-0.2, -0.15) is 0 Å². The Bertz CT molecular complexity index is 1590. The third-order valence-corrected chi connectivity index (χ3v) is 7.39. The second-order valence-corrected chi connectivity index (χ2v) is 10.8. The molecule has 6 nitrogen and oxygen atoms in total. The number of aromatic nitrogens is 1. The molecule has 0 atom stereocenters. The molecule has 1 aliphatic rings. The lowest BCUT2D eigenvalue weighted by Gasteiger charge is -2.16. The number of hydrogen-bond donors (Lipinski definition) is 3. The Morgan fingerprint density at radius 2 is 1.90 bits per heavy atom. The number of hydrogen-bond acceptors (Lipinski definition) is 6. The molecule has 3 N–H and O–H groups in total. The van der Waals surface area contributed by atoms with Crippen LogP contribution in [-0.4, -0.2) is 23.1 Å². The van der Waals surface area contributed by atoms with E-state index in [4.69, 9.17) is 0 Å². The summed E-state index contributed by atoms with van der Waals surface area (Å²) >= 11 is 1.67. The smallest absolute Gasteiger partial charge is 0.255 e. The van der Waals surface area contributed by atoms with Gasteiger partial charge in [-0.05, 0) is 73.5 Å². The molecule has 0 saturated heterocycles. The van der Waals surface area contributed by atoms with Gasteiger partial charge in [-0.15, -0.1) is 11.3 Å². The summed E-state index contributed by atoms with van der Waals surface area (Å²) in [4.78, 5) is 24.0. The molecule has 0 spiro atoms. The third kappa shape index (κ3) is 6.43.